The highest BCUT2D eigenvalue weighted by Crippen LogP contribution is 2.43. The van der Waals surface area contributed by atoms with E-state index in [-0.39, 0.29) is 106 Å². The number of hydrogen-bond donors (Lipinski definition) is 7. The average molecular weight is 1570 g/mol. The van der Waals surface area contributed by atoms with Gasteiger partial charge in [0.15, 0.2) is 0 Å². The maximum Gasteiger partial charge on any atom is 0.352 e. The van der Waals surface area contributed by atoms with E-state index in [4.69, 9.17) is 20.3 Å². The number of halogens is 1. The van der Waals surface area contributed by atoms with Gasteiger partial charge in [-0.1, -0.05) is 48.5 Å². The molecule has 4 aromatic carbocycles. The highest BCUT2D eigenvalue weighted by Gasteiger charge is 2.43. The molecule has 9 heterocycles. The number of aromatic nitrogens is 9. The number of nitrogens with two attached hydrogens (primary N) is 1. The Labute approximate surface area is 653 Å². The number of anilines is 1. The predicted molar refractivity (Wildman–Crippen MR) is 422 cm³/mol. The molecule has 32 heteroatoms. The number of H-pyrrole nitrogens is 2. The minimum absolute atomic E-state index is 0.0185. The highest BCUT2D eigenvalue weighted by molar-refractivity contribution is 5.94. The Morgan fingerprint density at radius 3 is 1.24 bits per heavy atom. The minimum Gasteiger partial charge on any atom is -0.495 e. The van der Waals surface area contributed by atoms with Gasteiger partial charge in [0.25, 0.3) is 22.6 Å². The van der Waals surface area contributed by atoms with E-state index in [2.05, 4.69) is 35.1 Å². The quantitative estimate of drug-likeness (QED) is 0.0230. The number of esters is 3. The van der Waals surface area contributed by atoms with Crippen LogP contribution in [0.5, 0.6) is 5.75 Å². The van der Waals surface area contributed by atoms with E-state index in [0.29, 0.717) is 40.2 Å². The number of ether oxygens (including phenoxy) is 4. The molecule has 13 aromatic rings. The van der Waals surface area contributed by atoms with Crippen molar-refractivity contribution in [1.29, 1.82) is 0 Å². The molecule has 5 saturated carbocycles. The summed E-state index contributed by atoms with van der Waals surface area (Å²) >= 11 is 0. The van der Waals surface area contributed by atoms with Gasteiger partial charge in [-0.25, -0.2) is 9.78 Å². The number of aromatic carboxylic acids is 1. The van der Waals surface area contributed by atoms with Crippen molar-refractivity contribution in [1.82, 2.24) is 47.2 Å². The Morgan fingerprint density at radius 1 is 0.487 bits per heavy atom. The lowest BCUT2D eigenvalue weighted by molar-refractivity contribution is -0.387. The lowest BCUT2D eigenvalue weighted by Gasteiger charge is -2.37. The maximum atomic E-state index is 13.2. The van der Waals surface area contributed by atoms with Gasteiger partial charge in [-0.15, -0.1) is 0 Å². The van der Waals surface area contributed by atoms with Crippen molar-refractivity contribution in [2.45, 2.75) is 94.4 Å². The third-order valence-corrected chi connectivity index (χ3v) is 21.5. The zero-order valence-corrected chi connectivity index (χ0v) is 62.9. The van der Waals surface area contributed by atoms with Crippen molar-refractivity contribution >= 4 is 103 Å². The van der Waals surface area contributed by atoms with Crippen molar-refractivity contribution in [3.05, 3.63) is 265 Å². The number of nitrogens with zero attached hydrogens (tertiary/aromatic N) is 8. The Kier molecular flexibility index (Phi) is 25.4. The van der Waals surface area contributed by atoms with E-state index >= 15 is 0 Å². The molecule has 596 valence electrons. The highest BCUT2D eigenvalue weighted by atomic mass is 19.1. The Morgan fingerprint density at radius 2 is 0.904 bits per heavy atom. The van der Waals surface area contributed by atoms with Crippen LogP contribution < -0.4 is 37.8 Å². The van der Waals surface area contributed by atoms with Crippen LogP contribution in [-0.2, 0) is 38.2 Å². The van der Waals surface area contributed by atoms with Crippen LogP contribution in [-0.4, -0.2) is 139 Å². The van der Waals surface area contributed by atoms with Crippen LogP contribution in [0, 0.1) is 45.5 Å². The minimum atomic E-state index is -0.921. The Balaban J connectivity index is 0.000000129. The fourth-order valence-corrected chi connectivity index (χ4v) is 14.6. The molecule has 18 rings (SSSR count). The third-order valence-electron chi connectivity index (χ3n) is 21.5. The number of carboxylic acids is 2. The summed E-state index contributed by atoms with van der Waals surface area (Å²) in [5.74, 6) is -3.57. The number of methoxy groups -OCH3 is 4. The monoisotopic (exact) mass is 1570 g/mol. The van der Waals surface area contributed by atoms with Gasteiger partial charge in [0.05, 0.1) is 114 Å². The number of fused-ring (bicyclic) bond motifs is 9. The zero-order valence-electron chi connectivity index (χ0n) is 62.9. The molecular weight excluding hydrogens is 1490 g/mol. The molecule has 9 aromatic heterocycles. The summed E-state index contributed by atoms with van der Waals surface area (Å²) in [6, 6.07) is 48.7. The van der Waals surface area contributed by atoms with Crippen LogP contribution in [0.15, 0.2) is 221 Å². The van der Waals surface area contributed by atoms with Crippen LogP contribution in [0.3, 0.4) is 0 Å². The number of hydrogen-bond acceptors (Lipinski definition) is 18. The summed E-state index contributed by atoms with van der Waals surface area (Å²) in [6.07, 6.45) is 18.4. The number of carbonyl (C=O) groups excluding carboxylic acids is 5. The van der Waals surface area contributed by atoms with Crippen molar-refractivity contribution in [2.75, 3.05) is 33.8 Å². The van der Waals surface area contributed by atoms with Crippen LogP contribution in [0.2, 0.25) is 0 Å². The first kappa shape index (κ1) is 80.7. The number of pyridine rings is 1. The molecule has 2 amide bonds. The Bertz CT molecular complexity index is 5910. The molecule has 0 saturated heterocycles. The van der Waals surface area contributed by atoms with Gasteiger partial charge in [0.2, 0.25) is 11.7 Å². The molecule has 5 aliphatic carbocycles. The number of benzene rings is 4. The largest absolute Gasteiger partial charge is 0.495 e. The van der Waals surface area contributed by atoms with Crippen LogP contribution >= 0.6 is 0 Å². The molecule has 0 radical (unpaired) electrons. The SMILES string of the molecule is COC(=O)[C@H]1CC[C@@H]1N.COC(=O)[C@H]1CC[C@@H]1NC(=O)c1ccc[nH]1.COC(=O)[C@H]1CC[C@@H]1n1c(=O)c2cccn2c2ccccc21.COc1ccc(NC(=O)[C@H]2CC[C@@H]2n2c(=O)c3cccn3c3ccccc32)nc1.O=C(O)[C@H]1CC[C@@H]1n1c(=O)c2cccn2c2ccccc21.O=C(O)c1ccc[nH]1.O=[N+]([O-])c1ccccc1F. The maximum absolute atomic E-state index is 13.2. The Hall–Kier alpha value is -13.8. The fourth-order valence-electron chi connectivity index (χ4n) is 14.6. The molecule has 5 aliphatic rings. The van der Waals surface area contributed by atoms with Gasteiger partial charge in [-0.05, 0) is 179 Å². The number of aliphatic carboxylic acids is 1. The zero-order chi connectivity index (χ0) is 81.7. The van der Waals surface area contributed by atoms with Crippen LogP contribution in [0.4, 0.5) is 15.9 Å². The normalized spacial score (nSPS) is 19.9. The molecule has 8 N–H and O–H groups in total. The number of nitro benzene ring substituents is 1. The average Bonchev–Trinajstić information content (AvgIpc) is 1.74. The standard InChI is InChI=1S/C22H20N4O3.C17H16N2O3.C16H14N2O3.C11H14N2O3.C6H4FNO2.C6H11NO2.C5H5NO2/c1-29-14-8-11-20(23-13-14)24-21(27)15-9-10-16(15)26-18-6-3-2-5-17(18)25-12-4-7-19(25)22(26)28;1-22-17(21)11-8-9-12(11)19-14-6-3-2-5-13(14)18-10-4-7-15(18)16(19)20;19-15-14-6-3-9-17(14)12-4-1-2-5-13(12)18(15)11-8-7-10(11)16(20)21;1-16-11(15)7-4-5-8(7)13-10(14)9-3-2-6-12-9;7-5-3-1-2-4-6(5)8(9)10;1-9-6(8)4-2-3-5(4)7;7-5(8)4-2-1-3-6-4/h2-8,11-13,15-16H,9-10H2,1H3,(H,23,24,27);2-7,10-12H,8-9H2,1H3;1-6,9-11H,7-8H2,(H,20,21);2-3,6-8,12H,4-5H2,1H3,(H,13,14);1-4H;4-5H,2-3,7H2,1H3;1-3,6H,(H,7,8)/t15-,16-;11-,12-;10-,11-;7-,8-;;4-,5-;/m0000.0./s1. The second-order valence-electron chi connectivity index (χ2n) is 27.8. The first-order chi connectivity index (χ1) is 55.6. The molecule has 5 fully saturated rings. The van der Waals surface area contributed by atoms with E-state index in [9.17, 15) is 67.6 Å². The summed E-state index contributed by atoms with van der Waals surface area (Å²) in [6.45, 7) is 0. The van der Waals surface area contributed by atoms with E-state index in [1.54, 1.807) is 75.8 Å². The summed E-state index contributed by atoms with van der Waals surface area (Å²) in [5.41, 5.74) is 12.7. The molecule has 0 aliphatic heterocycles. The van der Waals surface area contributed by atoms with Crippen molar-refractivity contribution < 1.29 is 72.0 Å². The number of aromatic amines is 2. The third kappa shape index (κ3) is 17.2. The second-order valence-corrected chi connectivity index (χ2v) is 27.8. The topological polar surface area (TPSA) is 414 Å². The number of para-hydroxylation sites is 7. The van der Waals surface area contributed by atoms with Crippen LogP contribution in [0.25, 0.3) is 49.7 Å². The number of rotatable bonds is 14. The van der Waals surface area contributed by atoms with Gasteiger partial charge < -0.3 is 82.4 Å². The van der Waals surface area contributed by atoms with Gasteiger partial charge >= 0.3 is 35.5 Å². The first-order valence-electron chi connectivity index (χ1n) is 37.1. The number of nitro groups is 1. The molecule has 31 nitrogen and oxygen atoms in total. The van der Waals surface area contributed by atoms with E-state index in [0.717, 1.165) is 103 Å². The summed E-state index contributed by atoms with van der Waals surface area (Å²) in [7, 11) is 5.73. The van der Waals surface area contributed by atoms with Gasteiger partial charge in [0, 0.05) is 55.2 Å². The molecule has 10 atom stereocenters. The molecular formula is C83H84FN13O18. The van der Waals surface area contributed by atoms with E-state index in [1.807, 2.05) is 135 Å². The summed E-state index contributed by atoms with van der Waals surface area (Å²) in [5, 5.41) is 33.2. The molecule has 115 heavy (non-hydrogen) atoms. The van der Waals surface area contributed by atoms with E-state index < -0.39 is 34.3 Å². The van der Waals surface area contributed by atoms with Gasteiger partial charge in [0.1, 0.15) is 39.5 Å². The lowest BCUT2D eigenvalue weighted by Crippen LogP contribution is -2.50. The number of amides is 2. The fraction of sp³-hybridized carbons (Fsp3) is 0.289. The molecule has 0 bridgehead atoms. The summed E-state index contributed by atoms with van der Waals surface area (Å²) in [4.78, 5) is 137. The number of nitrogens with one attached hydrogen (secondary N) is 4. The van der Waals surface area contributed by atoms with Gasteiger partial charge in [-0.3, -0.25) is 53.3 Å². The number of carboxylic acid groups (broad SMARTS) is 2. The smallest absolute Gasteiger partial charge is 0.352 e. The molecule has 0 spiro atoms. The van der Waals surface area contributed by atoms with E-state index in [1.165, 1.54) is 39.5 Å². The molecule has 0 unspecified atom stereocenters. The summed E-state index contributed by atoms with van der Waals surface area (Å²) < 4.78 is 42.4. The first-order valence-corrected chi connectivity index (χ1v) is 37.1. The van der Waals surface area contributed by atoms with Crippen molar-refractivity contribution in [3.63, 3.8) is 0 Å². The van der Waals surface area contributed by atoms with Gasteiger partial charge in [-0.2, -0.15) is 4.39 Å². The lowest BCUT2D eigenvalue weighted by atomic mass is 9.78. The predicted octanol–water partition coefficient (Wildman–Crippen LogP) is 11.0. The van der Waals surface area contributed by atoms with Crippen LogP contribution in [0.1, 0.15) is 103 Å². The second kappa shape index (κ2) is 36.1. The number of carbonyl (C=O) groups is 7. The van der Waals surface area contributed by atoms with Crippen molar-refractivity contribution in [3.8, 4) is 5.75 Å². The van der Waals surface area contributed by atoms with Crippen molar-refractivity contribution in [2.24, 2.45) is 35.3 Å².